The van der Waals surface area contributed by atoms with Crippen LogP contribution in [0.5, 0.6) is 0 Å². The molecule has 1 amide bonds. The maximum absolute atomic E-state index is 12.8. The minimum Gasteiger partial charge on any atom is -0.379 e. The van der Waals surface area contributed by atoms with Gasteiger partial charge in [-0.15, -0.1) is 0 Å². The van der Waals surface area contributed by atoms with Crippen molar-refractivity contribution in [2.45, 2.75) is 0 Å². The average Bonchev–Trinajstić information content (AvgIpc) is 3.26. The number of rotatable bonds is 5. The number of nitrogens with one attached hydrogen (secondary N) is 1. The lowest BCUT2D eigenvalue weighted by molar-refractivity contribution is 0.0383. The van der Waals surface area contributed by atoms with E-state index in [1.807, 2.05) is 54.2 Å². The van der Waals surface area contributed by atoms with Crippen molar-refractivity contribution in [2.75, 3.05) is 39.4 Å². The summed E-state index contributed by atoms with van der Waals surface area (Å²) in [6.07, 6.45) is 3.86. The number of pyridine rings is 1. The van der Waals surface area contributed by atoms with Crippen molar-refractivity contribution in [1.29, 1.82) is 0 Å². The minimum atomic E-state index is -0.0517. The lowest BCUT2D eigenvalue weighted by Gasteiger charge is -2.26. The molecule has 1 saturated heterocycles. The van der Waals surface area contributed by atoms with Crippen molar-refractivity contribution < 1.29 is 9.53 Å². The van der Waals surface area contributed by atoms with E-state index in [0.717, 1.165) is 49.8 Å². The Morgan fingerprint density at radius 3 is 2.85 bits per heavy atom. The number of hydrogen-bond acceptors (Lipinski definition) is 4. The van der Waals surface area contributed by atoms with Crippen LogP contribution in [0.15, 0.2) is 42.7 Å². The Kier molecular flexibility index (Phi) is 4.73. The molecule has 3 aromatic rings. The molecule has 0 radical (unpaired) electrons. The Hall–Kier alpha value is -2.64. The van der Waals surface area contributed by atoms with E-state index in [1.54, 1.807) is 4.68 Å². The van der Waals surface area contributed by atoms with Gasteiger partial charge in [-0.05, 0) is 24.3 Å². The summed E-state index contributed by atoms with van der Waals surface area (Å²) in [5.41, 5.74) is 3.32. The minimum absolute atomic E-state index is 0.0517. The monoisotopic (exact) mass is 353 g/mol. The first-order valence-corrected chi connectivity index (χ1v) is 8.91. The Bertz CT molecular complexity index is 908. The topological polar surface area (TPSA) is 63.8 Å². The fourth-order valence-electron chi connectivity index (χ4n) is 3.33. The number of ether oxygens (including phenoxy) is 1. The van der Waals surface area contributed by atoms with Gasteiger partial charge in [0, 0.05) is 45.6 Å². The first kappa shape index (κ1) is 16.8. The molecule has 0 unspecified atom stereocenters. The van der Waals surface area contributed by atoms with E-state index in [9.17, 15) is 4.79 Å². The Morgan fingerprint density at radius 1 is 1.23 bits per heavy atom. The number of aromatic nitrogens is 3. The van der Waals surface area contributed by atoms with Crippen molar-refractivity contribution in [1.82, 2.24) is 24.4 Å². The van der Waals surface area contributed by atoms with Gasteiger partial charge >= 0.3 is 0 Å². The summed E-state index contributed by atoms with van der Waals surface area (Å²) in [5.74, 6) is -0.0517. The first-order chi connectivity index (χ1) is 12.7. The van der Waals surface area contributed by atoms with Gasteiger partial charge in [0.15, 0.2) is 0 Å². The van der Waals surface area contributed by atoms with Crippen LogP contribution >= 0.6 is 0 Å². The second-order valence-electron chi connectivity index (χ2n) is 6.48. The van der Waals surface area contributed by atoms with Crippen LogP contribution in [0.25, 0.3) is 16.9 Å². The fraction of sp³-hybridized carbons (Fsp3) is 0.368. The van der Waals surface area contributed by atoms with Gasteiger partial charge in [0.25, 0.3) is 5.91 Å². The van der Waals surface area contributed by atoms with Crippen LogP contribution in [0.1, 0.15) is 10.4 Å². The molecule has 0 saturated carbocycles. The summed E-state index contributed by atoms with van der Waals surface area (Å²) in [4.78, 5) is 15.1. The molecule has 0 aromatic carbocycles. The normalized spacial score (nSPS) is 15.4. The van der Waals surface area contributed by atoms with Crippen molar-refractivity contribution in [3.05, 3.63) is 48.3 Å². The molecule has 0 bridgehead atoms. The second-order valence-corrected chi connectivity index (χ2v) is 6.48. The number of amides is 1. The van der Waals surface area contributed by atoms with E-state index in [2.05, 4.69) is 15.3 Å². The molecule has 26 heavy (non-hydrogen) atoms. The van der Waals surface area contributed by atoms with Gasteiger partial charge in [-0.2, -0.15) is 5.10 Å². The number of morpholine rings is 1. The maximum Gasteiger partial charge on any atom is 0.253 e. The van der Waals surface area contributed by atoms with Crippen LogP contribution in [0.3, 0.4) is 0 Å². The zero-order chi connectivity index (χ0) is 17.9. The zero-order valence-electron chi connectivity index (χ0n) is 14.9. The van der Waals surface area contributed by atoms with Crippen LogP contribution < -0.4 is 5.32 Å². The van der Waals surface area contributed by atoms with Crippen molar-refractivity contribution in [2.24, 2.45) is 7.05 Å². The molecule has 0 aliphatic carbocycles. The molecule has 136 valence electrons. The highest BCUT2D eigenvalue weighted by Gasteiger charge is 2.17. The molecule has 1 aliphatic rings. The van der Waals surface area contributed by atoms with E-state index < -0.39 is 0 Å². The molecule has 7 nitrogen and oxygen atoms in total. The summed E-state index contributed by atoms with van der Waals surface area (Å²) < 4.78 is 9.13. The molecular formula is C19H23N5O2. The number of hydrogen-bond donors (Lipinski definition) is 1. The number of fused-ring (bicyclic) bond motifs is 1. The maximum atomic E-state index is 12.8. The van der Waals surface area contributed by atoms with Crippen LogP contribution in [-0.4, -0.2) is 64.4 Å². The first-order valence-electron chi connectivity index (χ1n) is 8.91. The second kappa shape index (κ2) is 7.31. The molecule has 1 fully saturated rings. The number of nitrogens with zero attached hydrogens (tertiary/aromatic N) is 4. The largest absolute Gasteiger partial charge is 0.379 e. The van der Waals surface area contributed by atoms with E-state index in [-0.39, 0.29) is 5.91 Å². The van der Waals surface area contributed by atoms with Gasteiger partial charge in [0.2, 0.25) is 0 Å². The van der Waals surface area contributed by atoms with E-state index in [4.69, 9.17) is 4.74 Å². The molecule has 1 aliphatic heterocycles. The molecule has 1 N–H and O–H groups in total. The van der Waals surface area contributed by atoms with Crippen molar-refractivity contribution >= 4 is 11.4 Å². The van der Waals surface area contributed by atoms with Crippen LogP contribution in [0.4, 0.5) is 0 Å². The average molecular weight is 353 g/mol. The molecular weight excluding hydrogens is 330 g/mol. The molecule has 7 heteroatoms. The molecule has 3 aromatic heterocycles. The lowest BCUT2D eigenvalue weighted by Crippen LogP contribution is -2.41. The number of carbonyl (C=O) groups excluding carboxylic acids is 1. The van der Waals surface area contributed by atoms with E-state index >= 15 is 0 Å². The van der Waals surface area contributed by atoms with E-state index in [0.29, 0.717) is 12.1 Å². The lowest BCUT2D eigenvalue weighted by atomic mass is 10.2. The highest BCUT2D eigenvalue weighted by molar-refractivity contribution is 6.02. The summed E-state index contributed by atoms with van der Waals surface area (Å²) in [6.45, 7) is 4.86. The highest BCUT2D eigenvalue weighted by Crippen LogP contribution is 2.25. The van der Waals surface area contributed by atoms with Gasteiger partial charge in [-0.25, -0.2) is 0 Å². The predicted molar refractivity (Wildman–Crippen MR) is 99.2 cm³/mol. The smallest absolute Gasteiger partial charge is 0.253 e. The Labute approximate surface area is 152 Å². The molecule has 0 atom stereocenters. The van der Waals surface area contributed by atoms with Crippen molar-refractivity contribution in [3.8, 4) is 11.4 Å². The zero-order valence-corrected chi connectivity index (χ0v) is 14.9. The highest BCUT2D eigenvalue weighted by atomic mass is 16.5. The fourth-order valence-corrected chi connectivity index (χ4v) is 3.33. The summed E-state index contributed by atoms with van der Waals surface area (Å²) in [6, 6.07) is 9.74. The third-order valence-corrected chi connectivity index (χ3v) is 4.71. The van der Waals surface area contributed by atoms with Crippen LogP contribution in [-0.2, 0) is 11.8 Å². The third-order valence-electron chi connectivity index (χ3n) is 4.71. The van der Waals surface area contributed by atoms with Crippen LogP contribution in [0.2, 0.25) is 0 Å². The van der Waals surface area contributed by atoms with Gasteiger partial charge in [-0.1, -0.05) is 6.07 Å². The van der Waals surface area contributed by atoms with Gasteiger partial charge in [0.05, 0.1) is 30.0 Å². The Balaban J connectivity index is 1.53. The number of aryl methyl sites for hydroxylation is 1. The summed E-state index contributed by atoms with van der Waals surface area (Å²) in [5, 5.41) is 7.52. The quantitative estimate of drug-likeness (QED) is 0.753. The van der Waals surface area contributed by atoms with Gasteiger partial charge < -0.3 is 14.5 Å². The third kappa shape index (κ3) is 3.36. The Morgan fingerprint density at radius 2 is 2.08 bits per heavy atom. The van der Waals surface area contributed by atoms with Gasteiger partial charge in [-0.3, -0.25) is 14.4 Å². The predicted octanol–water partition coefficient (Wildman–Crippen LogP) is 1.40. The number of carbonyl (C=O) groups is 1. The van der Waals surface area contributed by atoms with Crippen LogP contribution in [0, 0.1) is 0 Å². The molecule has 0 spiro atoms. The molecule has 4 heterocycles. The molecule has 4 rings (SSSR count). The van der Waals surface area contributed by atoms with Crippen molar-refractivity contribution in [3.63, 3.8) is 0 Å². The SMILES string of the molecule is Cn1ccc(-c2cc(C(=O)NCCN3CCOCC3)c3ccccn23)n1. The van der Waals surface area contributed by atoms with Gasteiger partial charge in [0.1, 0.15) is 5.69 Å². The standard InChI is InChI=1S/C19H23N5O2/c1-22-8-5-16(21-22)18-14-15(17-4-2-3-7-24(17)18)19(25)20-6-9-23-10-12-26-13-11-23/h2-5,7-8,14H,6,9-13H2,1H3,(H,20,25). The summed E-state index contributed by atoms with van der Waals surface area (Å²) >= 11 is 0. The van der Waals surface area contributed by atoms with E-state index in [1.165, 1.54) is 0 Å². The summed E-state index contributed by atoms with van der Waals surface area (Å²) in [7, 11) is 1.89.